The van der Waals surface area contributed by atoms with Crippen LogP contribution in [0.5, 0.6) is 0 Å². The van der Waals surface area contributed by atoms with Crippen molar-refractivity contribution in [2.24, 2.45) is 0 Å². The van der Waals surface area contributed by atoms with Gasteiger partial charge < -0.3 is 5.32 Å². The molecule has 0 heterocycles. The number of benzene rings is 2. The van der Waals surface area contributed by atoms with Gasteiger partial charge in [-0.05, 0) is 12.1 Å². The van der Waals surface area contributed by atoms with E-state index in [0.29, 0.717) is 5.56 Å². The van der Waals surface area contributed by atoms with Crippen molar-refractivity contribution in [2.75, 3.05) is 5.32 Å². The van der Waals surface area contributed by atoms with E-state index in [2.05, 4.69) is 5.32 Å². The summed E-state index contributed by atoms with van der Waals surface area (Å²) >= 11 is 0. The Kier molecular flexibility index (Phi) is 3.70. The van der Waals surface area contributed by atoms with Crippen molar-refractivity contribution in [2.45, 2.75) is 6.54 Å². The third kappa shape index (κ3) is 3.04. The van der Waals surface area contributed by atoms with Gasteiger partial charge in [-0.2, -0.15) is 0 Å². The quantitative estimate of drug-likeness (QED) is 0.679. The maximum atomic E-state index is 13.6. The summed E-state index contributed by atoms with van der Waals surface area (Å²) in [6.45, 7) is 0.0986. The smallest absolute Gasteiger partial charge is 0.272 e. The third-order valence-corrected chi connectivity index (χ3v) is 2.59. The summed E-state index contributed by atoms with van der Waals surface area (Å²) in [5.74, 6) is -1.14. The zero-order valence-corrected chi connectivity index (χ0v) is 9.77. The van der Waals surface area contributed by atoms with E-state index in [1.54, 1.807) is 18.2 Å². The predicted molar refractivity (Wildman–Crippen MR) is 66.8 cm³/mol. The third-order valence-electron chi connectivity index (χ3n) is 2.59. The van der Waals surface area contributed by atoms with Crippen molar-refractivity contribution < 1.29 is 13.7 Å². The molecule has 0 unspecified atom stereocenters. The molecule has 0 atom stereocenters. The molecule has 0 aliphatic rings. The summed E-state index contributed by atoms with van der Waals surface area (Å²) in [5.41, 5.74) is 0.156. The van der Waals surface area contributed by atoms with Gasteiger partial charge in [0.2, 0.25) is 0 Å². The van der Waals surface area contributed by atoms with Gasteiger partial charge >= 0.3 is 0 Å². The van der Waals surface area contributed by atoms with E-state index in [0.717, 1.165) is 6.07 Å². The molecule has 0 aliphatic heterocycles. The summed E-state index contributed by atoms with van der Waals surface area (Å²) in [7, 11) is 0. The van der Waals surface area contributed by atoms with Crippen LogP contribution in [0, 0.1) is 21.7 Å². The molecule has 98 valence electrons. The van der Waals surface area contributed by atoms with Crippen LogP contribution in [0.25, 0.3) is 0 Å². The lowest BCUT2D eigenvalue weighted by molar-refractivity contribution is -0.385. The van der Waals surface area contributed by atoms with Gasteiger partial charge in [0.25, 0.3) is 5.69 Å². The van der Waals surface area contributed by atoms with E-state index >= 15 is 0 Å². The molecular formula is C13H10F2N2O2. The molecule has 0 saturated carbocycles. The molecule has 2 aromatic rings. The number of anilines is 1. The fraction of sp³-hybridized carbons (Fsp3) is 0.0769. The van der Waals surface area contributed by atoms with Gasteiger partial charge in [0.1, 0.15) is 5.82 Å². The highest BCUT2D eigenvalue weighted by Gasteiger charge is 2.10. The molecule has 2 aromatic carbocycles. The second-order valence-corrected chi connectivity index (χ2v) is 3.87. The van der Waals surface area contributed by atoms with Gasteiger partial charge in [-0.3, -0.25) is 10.1 Å². The monoisotopic (exact) mass is 264 g/mol. The van der Waals surface area contributed by atoms with Crippen molar-refractivity contribution in [3.05, 3.63) is 69.8 Å². The van der Waals surface area contributed by atoms with Gasteiger partial charge in [0.05, 0.1) is 16.7 Å². The molecule has 1 N–H and O–H groups in total. The van der Waals surface area contributed by atoms with E-state index < -0.39 is 16.6 Å². The van der Waals surface area contributed by atoms with Crippen molar-refractivity contribution >= 4 is 11.4 Å². The Balaban J connectivity index is 2.12. The van der Waals surface area contributed by atoms with Crippen LogP contribution in [0.1, 0.15) is 5.56 Å². The lowest BCUT2D eigenvalue weighted by Gasteiger charge is -2.08. The average molecular weight is 264 g/mol. The lowest BCUT2D eigenvalue weighted by atomic mass is 10.2. The highest BCUT2D eigenvalue weighted by molar-refractivity contribution is 5.50. The Labute approximate surface area is 107 Å². The van der Waals surface area contributed by atoms with Crippen molar-refractivity contribution in [3.8, 4) is 0 Å². The van der Waals surface area contributed by atoms with Gasteiger partial charge in [-0.25, -0.2) is 8.78 Å². The van der Waals surface area contributed by atoms with Crippen LogP contribution in [0.4, 0.5) is 20.2 Å². The zero-order chi connectivity index (χ0) is 13.8. The molecule has 2 rings (SSSR count). The van der Waals surface area contributed by atoms with Crippen LogP contribution in [0.15, 0.2) is 42.5 Å². The number of nitrogens with one attached hydrogen (secondary N) is 1. The Hall–Kier alpha value is -2.50. The van der Waals surface area contributed by atoms with E-state index in [4.69, 9.17) is 0 Å². The van der Waals surface area contributed by atoms with Crippen LogP contribution in [0.2, 0.25) is 0 Å². The first-order valence-corrected chi connectivity index (χ1v) is 5.49. The highest BCUT2D eigenvalue weighted by atomic mass is 19.1. The predicted octanol–water partition coefficient (Wildman–Crippen LogP) is 3.49. The van der Waals surface area contributed by atoms with E-state index in [-0.39, 0.29) is 17.9 Å². The Morgan fingerprint density at radius 3 is 2.47 bits per heavy atom. The molecule has 0 spiro atoms. The normalized spacial score (nSPS) is 10.2. The summed E-state index contributed by atoms with van der Waals surface area (Å²) in [6, 6.07) is 9.39. The molecule has 0 radical (unpaired) electrons. The maximum absolute atomic E-state index is 13.6. The van der Waals surface area contributed by atoms with Gasteiger partial charge in [-0.1, -0.05) is 18.2 Å². The van der Waals surface area contributed by atoms with Crippen LogP contribution < -0.4 is 5.32 Å². The number of nitro groups is 1. The second kappa shape index (κ2) is 5.43. The van der Waals surface area contributed by atoms with E-state index in [1.807, 2.05) is 0 Å². The summed E-state index contributed by atoms with van der Waals surface area (Å²) < 4.78 is 26.9. The van der Waals surface area contributed by atoms with Crippen molar-refractivity contribution in [1.29, 1.82) is 0 Å². The van der Waals surface area contributed by atoms with Gasteiger partial charge in [0.15, 0.2) is 5.82 Å². The second-order valence-electron chi connectivity index (χ2n) is 3.87. The molecule has 0 aromatic heterocycles. The number of hydrogen-bond acceptors (Lipinski definition) is 3. The fourth-order valence-corrected chi connectivity index (χ4v) is 1.59. The minimum atomic E-state index is -0.745. The highest BCUT2D eigenvalue weighted by Crippen LogP contribution is 2.21. The molecule has 0 fully saturated rings. The van der Waals surface area contributed by atoms with Crippen LogP contribution in [-0.4, -0.2) is 4.92 Å². The Bertz CT molecular complexity index is 617. The Morgan fingerprint density at radius 2 is 1.84 bits per heavy atom. The molecule has 0 aliphatic carbocycles. The molecule has 4 nitrogen and oxygen atoms in total. The van der Waals surface area contributed by atoms with Gasteiger partial charge in [-0.15, -0.1) is 0 Å². The number of rotatable bonds is 4. The summed E-state index contributed by atoms with van der Waals surface area (Å²) in [6.07, 6.45) is 0. The number of hydrogen-bond donors (Lipinski definition) is 1. The first kappa shape index (κ1) is 12.9. The molecular weight excluding hydrogens is 254 g/mol. The van der Waals surface area contributed by atoms with Crippen molar-refractivity contribution in [1.82, 2.24) is 0 Å². The molecule has 0 amide bonds. The maximum Gasteiger partial charge on any atom is 0.272 e. The minimum absolute atomic E-state index is 0.0915. The van der Waals surface area contributed by atoms with E-state index in [9.17, 15) is 18.9 Å². The number of halogens is 2. The first-order valence-electron chi connectivity index (χ1n) is 5.49. The SMILES string of the molecule is O=[N+]([O-])c1ccc(NCc2ccccc2F)c(F)c1. The Morgan fingerprint density at radius 1 is 1.11 bits per heavy atom. The first-order chi connectivity index (χ1) is 9.08. The molecule has 19 heavy (non-hydrogen) atoms. The van der Waals surface area contributed by atoms with Crippen molar-refractivity contribution in [3.63, 3.8) is 0 Å². The summed E-state index contributed by atoms with van der Waals surface area (Å²) in [4.78, 5) is 9.78. The molecule has 0 bridgehead atoms. The summed E-state index contributed by atoms with van der Waals surface area (Å²) in [5, 5.41) is 13.2. The van der Waals surface area contributed by atoms with E-state index in [1.165, 1.54) is 18.2 Å². The fourth-order valence-electron chi connectivity index (χ4n) is 1.59. The van der Waals surface area contributed by atoms with Crippen LogP contribution >= 0.6 is 0 Å². The number of nitro benzene ring substituents is 1. The topological polar surface area (TPSA) is 55.2 Å². The average Bonchev–Trinajstić information content (AvgIpc) is 2.39. The minimum Gasteiger partial charge on any atom is -0.378 e. The largest absolute Gasteiger partial charge is 0.378 e. The lowest BCUT2D eigenvalue weighted by Crippen LogP contribution is -2.03. The molecule has 6 heteroatoms. The molecule has 0 saturated heterocycles. The number of nitrogens with zero attached hydrogens (tertiary/aromatic N) is 1. The van der Waals surface area contributed by atoms with Crippen LogP contribution in [-0.2, 0) is 6.54 Å². The van der Waals surface area contributed by atoms with Crippen LogP contribution in [0.3, 0.4) is 0 Å². The van der Waals surface area contributed by atoms with Gasteiger partial charge in [0, 0.05) is 18.2 Å². The zero-order valence-electron chi connectivity index (χ0n) is 9.77. The standard InChI is InChI=1S/C13H10F2N2O2/c14-11-4-2-1-3-9(11)8-16-13-6-5-10(17(18)19)7-12(13)15/h1-7,16H,8H2. The number of non-ortho nitro benzene ring substituents is 1.